The average Bonchev–Trinajstić information content (AvgIpc) is 3.30. The molecular formula is C23H27N5S. The summed E-state index contributed by atoms with van der Waals surface area (Å²) in [6.45, 7) is 6.21. The third-order valence-electron chi connectivity index (χ3n) is 6.30. The summed E-state index contributed by atoms with van der Waals surface area (Å²) in [4.78, 5) is 17.8. The van der Waals surface area contributed by atoms with Gasteiger partial charge in [0.1, 0.15) is 5.82 Å². The Morgan fingerprint density at radius 2 is 2.17 bits per heavy atom. The van der Waals surface area contributed by atoms with Crippen molar-refractivity contribution in [3.8, 4) is 10.6 Å². The SMILES string of the molecule is Cc1nc(-c2cccs2)cc(C2CN3CCC2CC3CNCc2ccccn2)n1. The Morgan fingerprint density at radius 3 is 2.93 bits per heavy atom. The molecule has 3 aliphatic rings. The Kier molecular flexibility index (Phi) is 5.40. The molecule has 3 aromatic rings. The van der Waals surface area contributed by atoms with Gasteiger partial charge < -0.3 is 5.32 Å². The molecule has 4 atom stereocenters. The fourth-order valence-corrected chi connectivity index (χ4v) is 5.57. The van der Waals surface area contributed by atoms with Crippen LogP contribution < -0.4 is 5.32 Å². The highest BCUT2D eigenvalue weighted by atomic mass is 32.1. The van der Waals surface area contributed by atoms with Gasteiger partial charge >= 0.3 is 0 Å². The van der Waals surface area contributed by atoms with Crippen molar-refractivity contribution in [2.24, 2.45) is 5.92 Å². The Bertz CT molecular complexity index is 943. The second kappa shape index (κ2) is 8.30. The molecular weight excluding hydrogens is 378 g/mol. The normalized spacial score (nSPS) is 26.0. The topological polar surface area (TPSA) is 53.9 Å². The van der Waals surface area contributed by atoms with Gasteiger partial charge in [0.25, 0.3) is 0 Å². The van der Waals surface area contributed by atoms with E-state index in [-0.39, 0.29) is 0 Å². The zero-order chi connectivity index (χ0) is 19.6. The Labute approximate surface area is 176 Å². The van der Waals surface area contributed by atoms with Gasteiger partial charge in [-0.25, -0.2) is 9.97 Å². The summed E-state index contributed by atoms with van der Waals surface area (Å²) in [5.74, 6) is 2.12. The number of aryl methyl sites for hydroxylation is 1. The van der Waals surface area contributed by atoms with Crippen LogP contribution in [0.5, 0.6) is 0 Å². The van der Waals surface area contributed by atoms with Crippen LogP contribution in [0, 0.1) is 12.8 Å². The van der Waals surface area contributed by atoms with Gasteiger partial charge in [-0.3, -0.25) is 9.88 Å². The number of piperidine rings is 3. The zero-order valence-corrected chi connectivity index (χ0v) is 17.6. The van der Waals surface area contributed by atoms with E-state index in [0.29, 0.717) is 17.9 Å². The van der Waals surface area contributed by atoms with Crippen LogP contribution in [0.4, 0.5) is 0 Å². The van der Waals surface area contributed by atoms with Crippen LogP contribution in [-0.2, 0) is 6.54 Å². The van der Waals surface area contributed by atoms with E-state index in [4.69, 9.17) is 4.98 Å². The van der Waals surface area contributed by atoms with E-state index in [1.165, 1.54) is 30.0 Å². The molecule has 150 valence electrons. The molecule has 0 aromatic carbocycles. The van der Waals surface area contributed by atoms with Gasteiger partial charge in [-0.05, 0) is 61.9 Å². The van der Waals surface area contributed by atoms with Crippen molar-refractivity contribution in [1.29, 1.82) is 0 Å². The molecule has 3 aliphatic heterocycles. The summed E-state index contributed by atoms with van der Waals surface area (Å²) < 4.78 is 0. The number of thiophene rings is 1. The fraction of sp³-hybridized carbons (Fsp3) is 0.435. The number of hydrogen-bond acceptors (Lipinski definition) is 6. The minimum atomic E-state index is 0.524. The third-order valence-corrected chi connectivity index (χ3v) is 7.19. The molecule has 3 fully saturated rings. The first-order valence-corrected chi connectivity index (χ1v) is 11.4. The lowest BCUT2D eigenvalue weighted by molar-refractivity contribution is 0.0292. The van der Waals surface area contributed by atoms with Gasteiger partial charge in [-0.15, -0.1) is 11.3 Å². The number of pyridine rings is 1. The summed E-state index contributed by atoms with van der Waals surface area (Å²) in [6, 6.07) is 13.2. The van der Waals surface area contributed by atoms with Crippen molar-refractivity contribution >= 4 is 11.3 Å². The molecule has 6 heterocycles. The predicted molar refractivity (Wildman–Crippen MR) is 117 cm³/mol. The molecule has 3 aromatic heterocycles. The van der Waals surface area contributed by atoms with E-state index in [1.807, 2.05) is 19.2 Å². The minimum Gasteiger partial charge on any atom is -0.310 e. The highest BCUT2D eigenvalue weighted by Gasteiger charge is 2.41. The molecule has 3 saturated heterocycles. The predicted octanol–water partition coefficient (Wildman–Crippen LogP) is 3.88. The maximum Gasteiger partial charge on any atom is 0.126 e. The first kappa shape index (κ1) is 18.9. The molecule has 0 saturated carbocycles. The summed E-state index contributed by atoms with van der Waals surface area (Å²) in [7, 11) is 0. The van der Waals surface area contributed by atoms with Crippen molar-refractivity contribution in [1.82, 2.24) is 25.2 Å². The summed E-state index contributed by atoms with van der Waals surface area (Å²) in [5.41, 5.74) is 3.42. The van der Waals surface area contributed by atoms with E-state index in [1.54, 1.807) is 11.3 Å². The van der Waals surface area contributed by atoms with E-state index >= 15 is 0 Å². The lowest BCUT2D eigenvalue weighted by atomic mass is 9.74. The van der Waals surface area contributed by atoms with Gasteiger partial charge in [0.15, 0.2) is 0 Å². The first-order valence-electron chi connectivity index (χ1n) is 10.5. The third kappa shape index (κ3) is 4.10. The minimum absolute atomic E-state index is 0.524. The number of rotatable bonds is 6. The lowest BCUT2D eigenvalue weighted by Crippen LogP contribution is -2.55. The number of nitrogens with zero attached hydrogens (tertiary/aromatic N) is 4. The van der Waals surface area contributed by atoms with Crippen molar-refractivity contribution in [3.05, 3.63) is 65.2 Å². The van der Waals surface area contributed by atoms with E-state index in [0.717, 1.165) is 36.8 Å². The monoisotopic (exact) mass is 405 g/mol. The molecule has 0 radical (unpaired) electrons. The molecule has 6 rings (SSSR count). The Balaban J connectivity index is 1.26. The second-order valence-electron chi connectivity index (χ2n) is 8.19. The van der Waals surface area contributed by atoms with Crippen LogP contribution in [0.25, 0.3) is 10.6 Å². The number of fused-ring (bicyclic) bond motifs is 3. The molecule has 1 N–H and O–H groups in total. The summed E-state index contributed by atoms with van der Waals surface area (Å²) in [5, 5.41) is 5.73. The van der Waals surface area contributed by atoms with Gasteiger partial charge in [0.05, 0.1) is 16.3 Å². The maximum absolute atomic E-state index is 4.86. The van der Waals surface area contributed by atoms with E-state index < -0.39 is 0 Å². The molecule has 0 spiro atoms. The quantitative estimate of drug-likeness (QED) is 0.675. The number of nitrogens with one attached hydrogen (secondary N) is 1. The highest BCUT2D eigenvalue weighted by molar-refractivity contribution is 7.13. The molecule has 2 bridgehead atoms. The fourth-order valence-electron chi connectivity index (χ4n) is 4.89. The molecule has 29 heavy (non-hydrogen) atoms. The van der Waals surface area contributed by atoms with Gasteiger partial charge in [0.2, 0.25) is 0 Å². The van der Waals surface area contributed by atoms with Crippen LogP contribution in [-0.4, -0.2) is 45.5 Å². The Hall–Kier alpha value is -2.15. The first-order chi connectivity index (χ1) is 14.3. The van der Waals surface area contributed by atoms with Crippen LogP contribution in [0.1, 0.15) is 36.0 Å². The zero-order valence-electron chi connectivity index (χ0n) is 16.8. The van der Waals surface area contributed by atoms with Crippen LogP contribution in [0.15, 0.2) is 48.0 Å². The number of hydrogen-bond donors (Lipinski definition) is 1. The molecule has 0 amide bonds. The smallest absolute Gasteiger partial charge is 0.126 e. The number of aromatic nitrogens is 3. The van der Waals surface area contributed by atoms with E-state index in [2.05, 4.69) is 55.9 Å². The molecule has 4 unspecified atom stereocenters. The molecule has 5 nitrogen and oxygen atoms in total. The molecule has 0 aliphatic carbocycles. The van der Waals surface area contributed by atoms with Gasteiger partial charge in [-0.1, -0.05) is 12.1 Å². The van der Waals surface area contributed by atoms with Crippen LogP contribution in [0.3, 0.4) is 0 Å². The van der Waals surface area contributed by atoms with Crippen molar-refractivity contribution < 1.29 is 0 Å². The van der Waals surface area contributed by atoms with Crippen LogP contribution >= 0.6 is 11.3 Å². The van der Waals surface area contributed by atoms with Crippen LogP contribution in [0.2, 0.25) is 0 Å². The Morgan fingerprint density at radius 1 is 1.21 bits per heavy atom. The summed E-state index contributed by atoms with van der Waals surface area (Å²) >= 11 is 1.75. The lowest BCUT2D eigenvalue weighted by Gasteiger charge is -2.50. The van der Waals surface area contributed by atoms with Gasteiger partial charge in [0, 0.05) is 43.5 Å². The summed E-state index contributed by atoms with van der Waals surface area (Å²) in [6.07, 6.45) is 4.39. The van der Waals surface area contributed by atoms with Gasteiger partial charge in [-0.2, -0.15) is 0 Å². The highest BCUT2D eigenvalue weighted by Crippen LogP contribution is 2.41. The van der Waals surface area contributed by atoms with Crippen molar-refractivity contribution in [2.45, 2.75) is 38.3 Å². The standard InChI is InChI=1S/C23H27N5S/c1-16-26-21(12-22(27-16)23-6-4-10-29-23)20-15-28-9-7-17(20)11-19(28)14-24-13-18-5-2-3-8-25-18/h2-6,8,10,12,17,19-20,24H,7,9,11,13-15H2,1H3. The average molecular weight is 406 g/mol. The van der Waals surface area contributed by atoms with E-state index in [9.17, 15) is 0 Å². The second-order valence-corrected chi connectivity index (χ2v) is 9.14. The molecule has 6 heteroatoms. The van der Waals surface area contributed by atoms with Crippen molar-refractivity contribution in [2.75, 3.05) is 19.6 Å². The largest absolute Gasteiger partial charge is 0.310 e. The maximum atomic E-state index is 4.86. The van der Waals surface area contributed by atoms with Crippen molar-refractivity contribution in [3.63, 3.8) is 0 Å².